The lowest BCUT2D eigenvalue weighted by atomic mass is 9.92. The molecule has 0 N–H and O–H groups in total. The normalized spacial score (nSPS) is 11.8. The minimum absolute atomic E-state index is 0.629. The number of hydrogen-bond donors (Lipinski definition) is 0. The molecule has 0 radical (unpaired) electrons. The van der Waals surface area contributed by atoms with Gasteiger partial charge < -0.3 is 0 Å². The maximum absolute atomic E-state index is 5.10. The molecule has 0 unspecified atom stereocenters. The molecule has 0 spiro atoms. The Bertz CT molecular complexity index is 3190. The van der Waals surface area contributed by atoms with Crippen LogP contribution in [0.3, 0.4) is 0 Å². The highest BCUT2D eigenvalue weighted by Gasteiger charge is 2.18. The van der Waals surface area contributed by atoms with Gasteiger partial charge in [0.1, 0.15) is 0 Å². The summed E-state index contributed by atoms with van der Waals surface area (Å²) in [4.78, 5) is 19.7. The van der Waals surface area contributed by atoms with Crippen LogP contribution in [0, 0.1) is 0 Å². The first-order chi connectivity index (χ1) is 26.3. The van der Waals surface area contributed by atoms with E-state index in [1.54, 1.807) is 0 Å². The summed E-state index contributed by atoms with van der Waals surface area (Å²) in [6, 6.07) is 57.8. The molecule has 0 aliphatic carbocycles. The van der Waals surface area contributed by atoms with Gasteiger partial charge in [0.2, 0.25) is 0 Å². The van der Waals surface area contributed by atoms with Crippen LogP contribution in [0.25, 0.3) is 109 Å². The molecule has 0 bridgehead atoms. The summed E-state index contributed by atoms with van der Waals surface area (Å²) < 4.78 is 2.65. The van der Waals surface area contributed by atoms with E-state index in [2.05, 4.69) is 120 Å². The van der Waals surface area contributed by atoms with E-state index >= 15 is 0 Å². The first kappa shape index (κ1) is 29.9. The molecule has 3 aromatic heterocycles. The molecule has 0 atom stereocenters. The van der Waals surface area contributed by atoms with E-state index in [1.165, 1.54) is 63.3 Å². The molecule has 0 aliphatic rings. The third-order valence-corrected chi connectivity index (χ3v) is 11.5. The zero-order valence-electron chi connectivity index (χ0n) is 28.4. The SMILES string of the molecule is c1ccc(-c2nc(-c3ccc(-c4ccccn4)cc3)nc(-c3ccc4c(c3)c3ccccc3c3c4ccc4c3sc3ccc5ccccc5c34)n2)cc1. The van der Waals surface area contributed by atoms with Crippen molar-refractivity contribution in [3.63, 3.8) is 0 Å². The third-order valence-electron chi connectivity index (χ3n) is 10.4. The van der Waals surface area contributed by atoms with Crippen molar-refractivity contribution in [1.29, 1.82) is 0 Å². The molecule has 246 valence electrons. The largest absolute Gasteiger partial charge is 0.256 e. The van der Waals surface area contributed by atoms with Gasteiger partial charge in [0.25, 0.3) is 0 Å². The molecular formula is C48H28N4S. The van der Waals surface area contributed by atoms with E-state index in [4.69, 9.17) is 15.0 Å². The minimum Gasteiger partial charge on any atom is -0.256 e. The fourth-order valence-electron chi connectivity index (χ4n) is 7.85. The van der Waals surface area contributed by atoms with Crippen molar-refractivity contribution >= 4 is 74.6 Å². The smallest absolute Gasteiger partial charge is 0.164 e. The fraction of sp³-hybridized carbons (Fsp3) is 0. The highest BCUT2D eigenvalue weighted by molar-refractivity contribution is 7.27. The Morgan fingerprint density at radius 2 is 0.943 bits per heavy atom. The molecule has 5 heteroatoms. The van der Waals surface area contributed by atoms with Gasteiger partial charge in [0, 0.05) is 54.0 Å². The number of nitrogens with zero attached hydrogens (tertiary/aromatic N) is 4. The van der Waals surface area contributed by atoms with Gasteiger partial charge in [0.05, 0.1) is 5.69 Å². The molecule has 0 saturated heterocycles. The lowest BCUT2D eigenvalue weighted by Gasteiger charge is -2.13. The number of hydrogen-bond acceptors (Lipinski definition) is 5. The summed E-state index contributed by atoms with van der Waals surface area (Å²) in [5, 5.41) is 12.7. The van der Waals surface area contributed by atoms with Gasteiger partial charge in [-0.1, -0.05) is 140 Å². The van der Waals surface area contributed by atoms with E-state index in [0.717, 1.165) is 27.9 Å². The van der Waals surface area contributed by atoms with Crippen LogP contribution in [0.2, 0.25) is 0 Å². The lowest BCUT2D eigenvalue weighted by Crippen LogP contribution is -2.00. The van der Waals surface area contributed by atoms with Crippen molar-refractivity contribution in [1.82, 2.24) is 19.9 Å². The second-order valence-corrected chi connectivity index (χ2v) is 14.4. The van der Waals surface area contributed by atoms with Gasteiger partial charge in [-0.15, -0.1) is 11.3 Å². The molecule has 0 fully saturated rings. The average molecular weight is 693 g/mol. The summed E-state index contributed by atoms with van der Waals surface area (Å²) in [7, 11) is 0. The summed E-state index contributed by atoms with van der Waals surface area (Å²) >= 11 is 1.90. The van der Waals surface area contributed by atoms with E-state index in [0.29, 0.717) is 17.5 Å². The van der Waals surface area contributed by atoms with Crippen LogP contribution < -0.4 is 0 Å². The Labute approximate surface area is 308 Å². The van der Waals surface area contributed by atoms with Gasteiger partial charge >= 0.3 is 0 Å². The molecule has 53 heavy (non-hydrogen) atoms. The molecule has 11 rings (SSSR count). The van der Waals surface area contributed by atoms with Crippen molar-refractivity contribution in [3.8, 4) is 45.4 Å². The fourth-order valence-corrected chi connectivity index (χ4v) is 9.13. The van der Waals surface area contributed by atoms with Crippen LogP contribution in [0.1, 0.15) is 0 Å². The molecule has 0 amide bonds. The highest BCUT2D eigenvalue weighted by atomic mass is 32.1. The van der Waals surface area contributed by atoms with Crippen LogP contribution >= 0.6 is 11.3 Å². The maximum Gasteiger partial charge on any atom is 0.164 e. The lowest BCUT2D eigenvalue weighted by molar-refractivity contribution is 1.07. The Balaban J connectivity index is 1.12. The number of aromatic nitrogens is 4. The van der Waals surface area contributed by atoms with Crippen molar-refractivity contribution in [2.45, 2.75) is 0 Å². The standard InChI is InChI=1S/C48H28N4S/c1-2-11-31(12-3-1)46-50-47(32-19-17-30(18-20-32)41-16-8-9-27-49-41)52-48(51-46)33-21-23-36-38-24-25-39-43-34-13-5-4-10-29(34)22-26-42(43)53-45(39)44(38)37-15-7-6-14-35(37)40(36)28-33/h1-28H. The zero-order chi connectivity index (χ0) is 34.9. The van der Waals surface area contributed by atoms with E-state index < -0.39 is 0 Å². The van der Waals surface area contributed by atoms with E-state index in [1.807, 2.05) is 66.1 Å². The second-order valence-electron chi connectivity index (χ2n) is 13.4. The van der Waals surface area contributed by atoms with Crippen LogP contribution in [0.4, 0.5) is 0 Å². The summed E-state index contributed by atoms with van der Waals surface area (Å²) in [5.74, 6) is 1.91. The third kappa shape index (κ3) is 4.82. The Morgan fingerprint density at radius 3 is 1.74 bits per heavy atom. The second kappa shape index (κ2) is 11.9. The van der Waals surface area contributed by atoms with Gasteiger partial charge in [-0.2, -0.15) is 0 Å². The molecule has 4 nitrogen and oxygen atoms in total. The highest BCUT2D eigenvalue weighted by Crippen LogP contribution is 2.46. The number of rotatable bonds is 4. The molecule has 11 aromatic rings. The van der Waals surface area contributed by atoms with Crippen LogP contribution in [0.15, 0.2) is 170 Å². The van der Waals surface area contributed by atoms with Gasteiger partial charge in [-0.25, -0.2) is 15.0 Å². The minimum atomic E-state index is 0.629. The van der Waals surface area contributed by atoms with Crippen LogP contribution in [-0.4, -0.2) is 19.9 Å². The predicted octanol–water partition coefficient (Wildman–Crippen LogP) is 12.9. The Morgan fingerprint density at radius 1 is 0.358 bits per heavy atom. The number of pyridine rings is 1. The average Bonchev–Trinajstić information content (AvgIpc) is 3.63. The number of thiophene rings is 1. The molecular weight excluding hydrogens is 665 g/mol. The summed E-state index contributed by atoms with van der Waals surface area (Å²) in [5.41, 5.74) is 4.78. The monoisotopic (exact) mass is 692 g/mol. The van der Waals surface area contributed by atoms with Gasteiger partial charge in [-0.3, -0.25) is 4.98 Å². The number of fused-ring (bicyclic) bond motifs is 12. The predicted molar refractivity (Wildman–Crippen MR) is 222 cm³/mol. The quantitative estimate of drug-likeness (QED) is 0.172. The van der Waals surface area contributed by atoms with Crippen LogP contribution in [-0.2, 0) is 0 Å². The topological polar surface area (TPSA) is 51.6 Å². The van der Waals surface area contributed by atoms with E-state index in [-0.39, 0.29) is 0 Å². The maximum atomic E-state index is 5.10. The Hall–Kier alpha value is -6.82. The first-order valence-electron chi connectivity index (χ1n) is 17.7. The molecule has 0 saturated carbocycles. The van der Waals surface area contributed by atoms with E-state index in [9.17, 15) is 0 Å². The summed E-state index contributed by atoms with van der Waals surface area (Å²) in [6.45, 7) is 0. The van der Waals surface area contributed by atoms with Gasteiger partial charge in [0.15, 0.2) is 17.5 Å². The molecule has 0 aliphatic heterocycles. The molecule has 8 aromatic carbocycles. The number of benzene rings is 8. The van der Waals surface area contributed by atoms with Crippen molar-refractivity contribution in [2.75, 3.05) is 0 Å². The zero-order valence-corrected chi connectivity index (χ0v) is 29.2. The first-order valence-corrected chi connectivity index (χ1v) is 18.5. The van der Waals surface area contributed by atoms with Crippen molar-refractivity contribution < 1.29 is 0 Å². The van der Waals surface area contributed by atoms with Crippen molar-refractivity contribution in [3.05, 3.63) is 170 Å². The van der Waals surface area contributed by atoms with Crippen molar-refractivity contribution in [2.24, 2.45) is 0 Å². The van der Waals surface area contributed by atoms with Gasteiger partial charge in [-0.05, 0) is 62.0 Å². The molecule has 3 heterocycles. The Kier molecular flexibility index (Phi) is 6.69. The summed E-state index contributed by atoms with van der Waals surface area (Å²) in [6.07, 6.45) is 1.81. The van der Waals surface area contributed by atoms with Crippen LogP contribution in [0.5, 0.6) is 0 Å².